The molecule has 2 aliphatic rings. The molecule has 37 heavy (non-hydrogen) atoms. The van der Waals surface area contributed by atoms with E-state index in [9.17, 15) is 35.4 Å². The molecule has 2 fully saturated rings. The van der Waals surface area contributed by atoms with Crippen molar-refractivity contribution >= 4 is 23.1 Å². The first-order valence-electron chi connectivity index (χ1n) is 11.4. The standard InChI is InChI=1S/C23H29N3O11/c27-15-14(36-37-21(32)19(15)34-22-18(30)16(28)17(29)20(31)35-22)10-24-11-6-8-13(9-7-11)26-23(33)25-12-4-2-1-3-5-12/h1-9,14-22,24,27-32H,10H2,(H2,25,26,33). The molecule has 2 aromatic rings. The fourth-order valence-corrected chi connectivity index (χ4v) is 3.72. The molecule has 14 heteroatoms. The third-order valence-corrected chi connectivity index (χ3v) is 5.79. The second-order valence-corrected chi connectivity index (χ2v) is 8.48. The van der Waals surface area contributed by atoms with Crippen molar-refractivity contribution in [3.8, 4) is 0 Å². The molecule has 2 aromatic carbocycles. The molecule has 9 unspecified atom stereocenters. The van der Waals surface area contributed by atoms with Crippen molar-refractivity contribution in [2.45, 2.75) is 55.5 Å². The Morgan fingerprint density at radius 1 is 0.730 bits per heavy atom. The molecule has 0 aromatic heterocycles. The van der Waals surface area contributed by atoms with Gasteiger partial charge in [-0.25, -0.2) is 14.6 Å². The van der Waals surface area contributed by atoms with Gasteiger partial charge in [-0.2, -0.15) is 0 Å². The maximum atomic E-state index is 12.1. The fraction of sp³-hybridized carbons (Fsp3) is 0.435. The van der Waals surface area contributed by atoms with Crippen molar-refractivity contribution in [1.29, 1.82) is 0 Å². The first-order valence-corrected chi connectivity index (χ1v) is 11.4. The minimum Gasteiger partial charge on any atom is -0.387 e. The van der Waals surface area contributed by atoms with Gasteiger partial charge in [0.1, 0.15) is 36.6 Å². The van der Waals surface area contributed by atoms with Crippen LogP contribution in [0, 0.1) is 0 Å². The van der Waals surface area contributed by atoms with Crippen molar-refractivity contribution in [2.75, 3.05) is 22.5 Å². The number of carbonyl (C=O) groups excluding carboxylic acids is 1. The lowest BCUT2D eigenvalue weighted by Crippen LogP contribution is -2.62. The second kappa shape index (κ2) is 12.1. The normalized spacial score (nSPS) is 33.9. The lowest BCUT2D eigenvalue weighted by molar-refractivity contribution is -0.466. The summed E-state index contributed by atoms with van der Waals surface area (Å²) >= 11 is 0. The van der Waals surface area contributed by atoms with Crippen LogP contribution in [0.1, 0.15) is 0 Å². The highest BCUT2D eigenvalue weighted by Crippen LogP contribution is 2.27. The summed E-state index contributed by atoms with van der Waals surface area (Å²) in [5.74, 6) is 0. The van der Waals surface area contributed by atoms with Crippen LogP contribution < -0.4 is 16.0 Å². The monoisotopic (exact) mass is 523 g/mol. The van der Waals surface area contributed by atoms with E-state index in [1.165, 1.54) is 0 Å². The van der Waals surface area contributed by atoms with Crippen molar-refractivity contribution < 1.29 is 54.7 Å². The molecule has 202 valence electrons. The zero-order chi connectivity index (χ0) is 26.5. The Hall–Kier alpha value is -2.89. The third kappa shape index (κ3) is 6.71. The predicted octanol–water partition coefficient (Wildman–Crippen LogP) is -1.11. The number of ether oxygens (including phenoxy) is 2. The van der Waals surface area contributed by atoms with E-state index in [0.717, 1.165) is 0 Å². The molecule has 9 atom stereocenters. The fourth-order valence-electron chi connectivity index (χ4n) is 3.72. The first-order chi connectivity index (χ1) is 17.7. The average molecular weight is 523 g/mol. The van der Waals surface area contributed by atoms with Gasteiger partial charge in [-0.05, 0) is 36.4 Å². The van der Waals surface area contributed by atoms with Crippen LogP contribution in [-0.2, 0) is 19.2 Å². The van der Waals surface area contributed by atoms with Gasteiger partial charge in [0, 0.05) is 23.6 Å². The second-order valence-electron chi connectivity index (χ2n) is 8.48. The number of aliphatic hydroxyl groups is 6. The molecule has 9 N–H and O–H groups in total. The summed E-state index contributed by atoms with van der Waals surface area (Å²) in [7, 11) is 0. The van der Waals surface area contributed by atoms with E-state index in [0.29, 0.717) is 17.1 Å². The molecule has 2 saturated heterocycles. The van der Waals surface area contributed by atoms with Crippen LogP contribution in [0.25, 0.3) is 0 Å². The van der Waals surface area contributed by atoms with E-state index < -0.39 is 61.5 Å². The molecular formula is C23H29N3O11. The molecule has 4 rings (SSSR count). The van der Waals surface area contributed by atoms with Crippen LogP contribution in [0.5, 0.6) is 0 Å². The zero-order valence-corrected chi connectivity index (χ0v) is 19.3. The van der Waals surface area contributed by atoms with Crippen LogP contribution in [0.2, 0.25) is 0 Å². The molecule has 14 nitrogen and oxygen atoms in total. The van der Waals surface area contributed by atoms with E-state index in [-0.39, 0.29) is 6.54 Å². The molecule has 0 saturated carbocycles. The number of hydrogen-bond acceptors (Lipinski definition) is 12. The third-order valence-electron chi connectivity index (χ3n) is 5.79. The quantitative estimate of drug-likeness (QED) is 0.198. The molecule has 2 heterocycles. The molecule has 0 spiro atoms. The SMILES string of the molecule is O=C(Nc1ccccc1)Nc1ccc(NCC2OOC(O)C(OC3OC(O)C(O)C(O)C3O)C2O)cc1. The minimum absolute atomic E-state index is 0.00689. The van der Waals surface area contributed by atoms with Gasteiger partial charge in [0.15, 0.2) is 12.6 Å². The summed E-state index contributed by atoms with van der Waals surface area (Å²) in [5, 5.41) is 68.2. The maximum Gasteiger partial charge on any atom is 0.323 e. The Kier molecular flexibility index (Phi) is 8.88. The summed E-state index contributed by atoms with van der Waals surface area (Å²) in [6.07, 6.45) is -14.7. The van der Waals surface area contributed by atoms with E-state index >= 15 is 0 Å². The Labute approximate surface area is 210 Å². The van der Waals surface area contributed by atoms with Gasteiger partial charge in [-0.3, -0.25) is 0 Å². The maximum absolute atomic E-state index is 12.1. The van der Waals surface area contributed by atoms with Crippen LogP contribution in [0.15, 0.2) is 54.6 Å². The predicted molar refractivity (Wildman–Crippen MR) is 126 cm³/mol. The van der Waals surface area contributed by atoms with Gasteiger partial charge < -0.3 is 56.1 Å². The summed E-state index contributed by atoms with van der Waals surface area (Å²) in [6.45, 7) is -0.00689. The zero-order valence-electron chi connectivity index (χ0n) is 19.3. The highest BCUT2D eigenvalue weighted by atomic mass is 17.2. The number of carbonyl (C=O) groups is 1. The molecule has 2 amide bonds. The van der Waals surface area contributed by atoms with E-state index in [2.05, 4.69) is 16.0 Å². The number of hydrogen-bond donors (Lipinski definition) is 9. The first kappa shape index (κ1) is 27.2. The van der Waals surface area contributed by atoms with Crippen molar-refractivity contribution in [3.05, 3.63) is 54.6 Å². The highest BCUT2D eigenvalue weighted by Gasteiger charge is 2.48. The molecule has 0 aliphatic carbocycles. The largest absolute Gasteiger partial charge is 0.387 e. The minimum atomic E-state index is -1.86. The Balaban J connectivity index is 1.28. The van der Waals surface area contributed by atoms with Gasteiger partial charge in [0.25, 0.3) is 0 Å². The summed E-state index contributed by atoms with van der Waals surface area (Å²) in [4.78, 5) is 21.9. The van der Waals surface area contributed by atoms with Crippen LogP contribution >= 0.6 is 0 Å². The number of aliphatic hydroxyl groups excluding tert-OH is 6. The van der Waals surface area contributed by atoms with E-state index in [1.807, 2.05) is 6.07 Å². The number of amides is 2. The van der Waals surface area contributed by atoms with Gasteiger partial charge in [0.05, 0.1) is 0 Å². The highest BCUT2D eigenvalue weighted by molar-refractivity contribution is 5.99. The average Bonchev–Trinajstić information content (AvgIpc) is 2.89. The molecule has 0 bridgehead atoms. The van der Waals surface area contributed by atoms with Crippen LogP contribution in [-0.4, -0.2) is 98.7 Å². The smallest absolute Gasteiger partial charge is 0.323 e. The Bertz CT molecular complexity index is 1010. The number of urea groups is 1. The lowest BCUT2D eigenvalue weighted by atomic mass is 10.0. The van der Waals surface area contributed by atoms with Crippen LogP contribution in [0.3, 0.4) is 0 Å². The van der Waals surface area contributed by atoms with Gasteiger partial charge in [-0.15, -0.1) is 0 Å². The summed E-state index contributed by atoms with van der Waals surface area (Å²) in [6, 6.07) is 15.2. The number of para-hydroxylation sites is 1. The number of nitrogens with one attached hydrogen (secondary N) is 3. The number of rotatable bonds is 7. The topological polar surface area (TPSA) is 211 Å². The lowest BCUT2D eigenvalue weighted by Gasteiger charge is -2.42. The van der Waals surface area contributed by atoms with E-state index in [4.69, 9.17) is 19.2 Å². The summed E-state index contributed by atoms with van der Waals surface area (Å²) in [5.41, 5.74) is 1.79. The van der Waals surface area contributed by atoms with Gasteiger partial charge in [-0.1, -0.05) is 18.2 Å². The number of anilines is 3. The van der Waals surface area contributed by atoms with Crippen molar-refractivity contribution in [2.24, 2.45) is 0 Å². The van der Waals surface area contributed by atoms with Gasteiger partial charge >= 0.3 is 6.03 Å². The van der Waals surface area contributed by atoms with Crippen LogP contribution in [0.4, 0.5) is 21.9 Å². The van der Waals surface area contributed by atoms with Gasteiger partial charge in [0.2, 0.25) is 6.29 Å². The Morgan fingerprint density at radius 2 is 1.35 bits per heavy atom. The number of benzene rings is 2. The van der Waals surface area contributed by atoms with Crippen molar-refractivity contribution in [3.63, 3.8) is 0 Å². The van der Waals surface area contributed by atoms with E-state index in [1.54, 1.807) is 48.5 Å². The molecular weight excluding hydrogens is 494 g/mol. The van der Waals surface area contributed by atoms with Crippen molar-refractivity contribution in [1.82, 2.24) is 0 Å². The Morgan fingerprint density at radius 3 is 2.03 bits per heavy atom. The molecule has 2 aliphatic heterocycles. The summed E-state index contributed by atoms with van der Waals surface area (Å²) < 4.78 is 10.3. The molecule has 0 radical (unpaired) electrons.